The molecule has 1 aromatic rings. The summed E-state index contributed by atoms with van der Waals surface area (Å²) in [5, 5.41) is 6.48. The Balaban J connectivity index is 3.13. The minimum atomic E-state index is 0.934. The van der Waals surface area contributed by atoms with Crippen molar-refractivity contribution in [2.75, 3.05) is 0 Å². The summed E-state index contributed by atoms with van der Waals surface area (Å²) in [5.41, 5.74) is 0. The van der Waals surface area contributed by atoms with Crippen molar-refractivity contribution in [3.8, 4) is 0 Å². The van der Waals surface area contributed by atoms with Crippen LogP contribution in [0.3, 0.4) is 0 Å². The van der Waals surface area contributed by atoms with Gasteiger partial charge in [0.25, 0.3) is 0 Å². The molecule has 1 rings (SSSR count). The fraction of sp³-hybridized carbons (Fsp3) is 0. The molecule has 1 N–H and O–H groups in total. The van der Waals surface area contributed by atoms with Gasteiger partial charge in [-0.1, -0.05) is 0 Å². The minimum Gasteiger partial charge on any atom is -0.284 e. The molecule has 1 aromatic heterocycles. The van der Waals surface area contributed by atoms with Crippen molar-refractivity contribution in [2.45, 2.75) is 0 Å². The van der Waals surface area contributed by atoms with Gasteiger partial charge in [-0.05, 0) is 34.7 Å². The van der Waals surface area contributed by atoms with E-state index in [9.17, 15) is 0 Å². The molecule has 0 saturated carbocycles. The van der Waals surface area contributed by atoms with Crippen molar-refractivity contribution >= 4 is 22.6 Å². The average Bonchev–Trinajstić information content (AvgIpc) is 2.02. The van der Waals surface area contributed by atoms with E-state index in [4.69, 9.17) is 0 Å². The third-order valence-corrected chi connectivity index (χ3v) is 1.45. The van der Waals surface area contributed by atoms with Gasteiger partial charge in [0.2, 0.25) is 0 Å². The number of halogens is 1. The zero-order valence-corrected chi connectivity index (χ0v) is 7.32. The van der Waals surface area contributed by atoms with Crippen LogP contribution in [-0.4, -0.2) is 15.2 Å². The first-order chi connectivity index (χ1) is 4.89. The van der Waals surface area contributed by atoms with Gasteiger partial charge in [-0.3, -0.25) is 5.10 Å². The fourth-order valence-electron chi connectivity index (χ4n) is 0.436. The molecule has 0 amide bonds. The molecule has 52 valence electrons. The average molecular weight is 247 g/mol. The number of aromatic amines is 1. The molecular formula is C6H6IN3. The highest BCUT2D eigenvalue weighted by atomic mass is 127. The van der Waals surface area contributed by atoms with Crippen LogP contribution in [0.1, 0.15) is 0 Å². The molecule has 3 nitrogen and oxygen atoms in total. The number of hydrogen-bond donors (Lipinski definition) is 1. The second-order valence-electron chi connectivity index (χ2n) is 1.53. The zero-order chi connectivity index (χ0) is 7.23. The second kappa shape index (κ2) is 4.21. The molecule has 0 aromatic carbocycles. The highest BCUT2D eigenvalue weighted by Crippen LogP contribution is 1.92. The molecule has 0 saturated heterocycles. The third kappa shape index (κ3) is 2.77. The van der Waals surface area contributed by atoms with Gasteiger partial charge in [-0.25, -0.2) is 4.98 Å². The van der Waals surface area contributed by atoms with Gasteiger partial charge < -0.3 is 0 Å². The largest absolute Gasteiger partial charge is 0.284 e. The highest BCUT2D eigenvalue weighted by molar-refractivity contribution is 14.1. The molecule has 0 aliphatic rings. The van der Waals surface area contributed by atoms with Crippen LogP contribution in [0.2, 0.25) is 0 Å². The van der Waals surface area contributed by atoms with Crippen LogP contribution >= 0.6 is 22.6 Å². The molecule has 0 unspecified atom stereocenters. The van der Waals surface area contributed by atoms with E-state index in [0.29, 0.717) is 0 Å². The van der Waals surface area contributed by atoms with Crippen molar-refractivity contribution in [1.82, 2.24) is 15.2 Å². The van der Waals surface area contributed by atoms with E-state index in [2.05, 4.69) is 37.8 Å². The number of hydrogen-bond acceptors (Lipinski definition) is 2. The third-order valence-electron chi connectivity index (χ3n) is 0.816. The van der Waals surface area contributed by atoms with Crippen molar-refractivity contribution in [1.29, 1.82) is 0 Å². The molecule has 0 aliphatic heterocycles. The maximum atomic E-state index is 4.04. The molecule has 0 bridgehead atoms. The standard InChI is InChI=1S/C6H6IN3/c7-6-2-1-3-9-10-5-4-8-6/h1-5,10H. The van der Waals surface area contributed by atoms with E-state index < -0.39 is 0 Å². The SMILES string of the molecule is Ic1cccn[nH]ccn1. The summed E-state index contributed by atoms with van der Waals surface area (Å²) >= 11 is 2.14. The smallest absolute Gasteiger partial charge is 0.101 e. The lowest BCUT2D eigenvalue weighted by Crippen LogP contribution is -1.68. The predicted molar refractivity (Wildman–Crippen MR) is 46.7 cm³/mol. The van der Waals surface area contributed by atoms with Crippen LogP contribution in [0.5, 0.6) is 0 Å². The van der Waals surface area contributed by atoms with Gasteiger partial charge in [0.1, 0.15) is 3.70 Å². The van der Waals surface area contributed by atoms with Gasteiger partial charge in [0, 0.05) is 18.6 Å². The van der Waals surface area contributed by atoms with Crippen molar-refractivity contribution < 1.29 is 0 Å². The molecule has 1 heterocycles. The highest BCUT2D eigenvalue weighted by Gasteiger charge is 1.73. The second-order valence-corrected chi connectivity index (χ2v) is 2.64. The first kappa shape index (κ1) is 7.46. The van der Waals surface area contributed by atoms with Crippen LogP contribution in [0.15, 0.2) is 30.7 Å². The fourth-order valence-corrected chi connectivity index (χ4v) is 0.805. The predicted octanol–water partition coefficient (Wildman–Crippen LogP) is 1.53. The summed E-state index contributed by atoms with van der Waals surface area (Å²) in [5.74, 6) is 0. The molecule has 0 atom stereocenters. The van der Waals surface area contributed by atoms with Gasteiger partial charge in [-0.2, -0.15) is 5.10 Å². The molecule has 4 heteroatoms. The van der Waals surface area contributed by atoms with E-state index in [-0.39, 0.29) is 0 Å². The van der Waals surface area contributed by atoms with Crippen LogP contribution in [0, 0.1) is 3.70 Å². The van der Waals surface area contributed by atoms with Crippen LogP contribution in [0.4, 0.5) is 0 Å². The molecule has 0 spiro atoms. The lowest BCUT2D eigenvalue weighted by atomic mass is 10.6. The summed E-state index contributed by atoms with van der Waals surface area (Å²) < 4.78 is 0.934. The van der Waals surface area contributed by atoms with E-state index in [1.807, 2.05) is 12.1 Å². The Kier molecular flexibility index (Phi) is 3.14. The lowest BCUT2D eigenvalue weighted by Gasteiger charge is -1.73. The topological polar surface area (TPSA) is 41.6 Å². The van der Waals surface area contributed by atoms with Gasteiger partial charge in [0.05, 0.1) is 0 Å². The maximum absolute atomic E-state index is 4.04. The molecule has 10 heavy (non-hydrogen) atoms. The maximum Gasteiger partial charge on any atom is 0.101 e. The molecule has 0 aliphatic carbocycles. The molecule has 0 radical (unpaired) electrons. The molecule has 0 fully saturated rings. The van der Waals surface area contributed by atoms with E-state index in [0.717, 1.165) is 3.70 Å². The van der Waals surface area contributed by atoms with E-state index in [1.54, 1.807) is 18.6 Å². The summed E-state index contributed by atoms with van der Waals surface area (Å²) in [6, 6.07) is 3.70. The van der Waals surface area contributed by atoms with E-state index in [1.165, 1.54) is 0 Å². The Morgan fingerprint density at radius 2 is 2.30 bits per heavy atom. The lowest BCUT2D eigenvalue weighted by molar-refractivity contribution is 1.04. The summed E-state index contributed by atoms with van der Waals surface area (Å²) in [6.07, 6.45) is 5.00. The number of nitrogens with one attached hydrogen (secondary N) is 1. The number of rotatable bonds is 0. The van der Waals surface area contributed by atoms with Gasteiger partial charge in [-0.15, -0.1) is 0 Å². The summed E-state index contributed by atoms with van der Waals surface area (Å²) in [4.78, 5) is 4.04. The van der Waals surface area contributed by atoms with Crippen molar-refractivity contribution in [3.63, 3.8) is 0 Å². The Morgan fingerprint density at radius 3 is 3.20 bits per heavy atom. The minimum absolute atomic E-state index is 0.934. The van der Waals surface area contributed by atoms with Gasteiger partial charge >= 0.3 is 0 Å². The number of aromatic nitrogens is 3. The Hall–Kier alpha value is -0.650. The normalized spacial score (nSPS) is 8.50. The van der Waals surface area contributed by atoms with Crippen molar-refractivity contribution in [3.05, 3.63) is 34.4 Å². The first-order valence-corrected chi connectivity index (χ1v) is 3.81. The van der Waals surface area contributed by atoms with Crippen LogP contribution in [0.25, 0.3) is 0 Å². The number of H-pyrrole nitrogens is 1. The summed E-state index contributed by atoms with van der Waals surface area (Å²) in [6.45, 7) is 0. The molecular weight excluding hydrogens is 241 g/mol. The Morgan fingerprint density at radius 1 is 1.40 bits per heavy atom. The van der Waals surface area contributed by atoms with Gasteiger partial charge in [0.15, 0.2) is 0 Å². The first-order valence-electron chi connectivity index (χ1n) is 2.73. The Bertz CT molecular complexity index is 220. The van der Waals surface area contributed by atoms with Crippen molar-refractivity contribution in [2.24, 2.45) is 0 Å². The monoisotopic (exact) mass is 247 g/mol. The van der Waals surface area contributed by atoms with E-state index >= 15 is 0 Å². The Labute approximate surface area is 72.4 Å². The summed E-state index contributed by atoms with van der Waals surface area (Å²) in [7, 11) is 0. The quantitative estimate of drug-likeness (QED) is 0.706. The van der Waals surface area contributed by atoms with Crippen LogP contribution in [-0.2, 0) is 0 Å². The number of nitrogens with zero attached hydrogens (tertiary/aromatic N) is 2. The van der Waals surface area contributed by atoms with Crippen LogP contribution < -0.4 is 0 Å². The zero-order valence-electron chi connectivity index (χ0n) is 5.16.